The third-order valence-corrected chi connectivity index (χ3v) is 2.19. The lowest BCUT2D eigenvalue weighted by Gasteiger charge is -2.05. The quantitative estimate of drug-likeness (QED) is 0.835. The molecule has 0 saturated carbocycles. The van der Waals surface area contributed by atoms with Gasteiger partial charge in [0.25, 0.3) is 5.91 Å². The molecule has 0 atom stereocenters. The third kappa shape index (κ3) is 2.76. The van der Waals surface area contributed by atoms with Gasteiger partial charge in [0.05, 0.1) is 5.56 Å². The van der Waals surface area contributed by atoms with Gasteiger partial charge < -0.3 is 5.32 Å². The Balaban J connectivity index is 2.20. The third-order valence-electron chi connectivity index (χ3n) is 1.99. The normalized spacial score (nSPS) is 10.0. The lowest BCUT2D eigenvalue weighted by Crippen LogP contribution is -2.14. The van der Waals surface area contributed by atoms with E-state index in [4.69, 9.17) is 11.6 Å². The maximum absolute atomic E-state index is 13.2. The standard InChI is InChI=1S/C11H7ClFN3O/c12-9-6-7(3-5-14-9)16-11(17)8-2-1-4-15-10(8)13/h1-6H,(H,14,16,17). The van der Waals surface area contributed by atoms with Gasteiger partial charge >= 0.3 is 0 Å². The number of pyridine rings is 2. The summed E-state index contributed by atoms with van der Waals surface area (Å²) in [5.41, 5.74) is 0.318. The predicted molar refractivity (Wildman–Crippen MR) is 61.4 cm³/mol. The number of rotatable bonds is 2. The van der Waals surface area contributed by atoms with Crippen molar-refractivity contribution in [1.82, 2.24) is 9.97 Å². The number of hydrogen-bond acceptors (Lipinski definition) is 3. The number of amides is 1. The Morgan fingerprint density at radius 3 is 2.82 bits per heavy atom. The summed E-state index contributed by atoms with van der Waals surface area (Å²) in [7, 11) is 0. The van der Waals surface area contributed by atoms with Crippen LogP contribution in [0.2, 0.25) is 5.15 Å². The molecule has 86 valence electrons. The van der Waals surface area contributed by atoms with Gasteiger partial charge in [-0.05, 0) is 24.3 Å². The molecule has 0 fully saturated rings. The van der Waals surface area contributed by atoms with E-state index < -0.39 is 11.9 Å². The summed E-state index contributed by atoms with van der Waals surface area (Å²) in [6.07, 6.45) is 2.72. The highest BCUT2D eigenvalue weighted by Crippen LogP contribution is 2.13. The molecule has 0 spiro atoms. The first-order valence-electron chi connectivity index (χ1n) is 4.70. The zero-order chi connectivity index (χ0) is 12.3. The molecule has 0 saturated heterocycles. The van der Waals surface area contributed by atoms with Crippen LogP contribution in [0, 0.1) is 5.95 Å². The molecule has 0 aliphatic rings. The lowest BCUT2D eigenvalue weighted by atomic mass is 10.2. The fraction of sp³-hybridized carbons (Fsp3) is 0. The van der Waals surface area contributed by atoms with Crippen molar-refractivity contribution >= 4 is 23.2 Å². The summed E-state index contributed by atoms with van der Waals surface area (Å²) < 4.78 is 13.2. The molecule has 2 aromatic heterocycles. The van der Waals surface area contributed by atoms with E-state index in [1.54, 1.807) is 6.07 Å². The largest absolute Gasteiger partial charge is 0.322 e. The highest BCUT2D eigenvalue weighted by Gasteiger charge is 2.12. The second-order valence-electron chi connectivity index (χ2n) is 3.16. The topological polar surface area (TPSA) is 54.9 Å². The number of nitrogens with one attached hydrogen (secondary N) is 1. The number of aromatic nitrogens is 2. The Hall–Kier alpha value is -2.01. The Morgan fingerprint density at radius 1 is 1.29 bits per heavy atom. The van der Waals surface area contributed by atoms with Crippen LogP contribution in [0.4, 0.5) is 10.1 Å². The van der Waals surface area contributed by atoms with Gasteiger partial charge in [0, 0.05) is 18.1 Å². The monoisotopic (exact) mass is 251 g/mol. The molecular weight excluding hydrogens is 245 g/mol. The summed E-state index contributed by atoms with van der Waals surface area (Å²) in [5, 5.41) is 2.74. The number of nitrogens with zero attached hydrogens (tertiary/aromatic N) is 2. The number of hydrogen-bond donors (Lipinski definition) is 1. The van der Waals surface area contributed by atoms with Gasteiger partial charge in [-0.15, -0.1) is 0 Å². The van der Waals surface area contributed by atoms with Crippen LogP contribution in [0.25, 0.3) is 0 Å². The lowest BCUT2D eigenvalue weighted by molar-refractivity contribution is 0.102. The maximum atomic E-state index is 13.2. The highest BCUT2D eigenvalue weighted by molar-refractivity contribution is 6.29. The fourth-order valence-electron chi connectivity index (χ4n) is 1.23. The van der Waals surface area contributed by atoms with Crippen LogP contribution < -0.4 is 5.32 Å². The Kier molecular flexibility index (Phi) is 3.30. The molecule has 2 heterocycles. The minimum absolute atomic E-state index is 0.125. The summed E-state index contributed by atoms with van der Waals surface area (Å²) in [6, 6.07) is 5.85. The van der Waals surface area contributed by atoms with Crippen molar-refractivity contribution in [3.8, 4) is 0 Å². The van der Waals surface area contributed by atoms with Gasteiger partial charge in [-0.2, -0.15) is 4.39 Å². The summed E-state index contributed by atoms with van der Waals surface area (Å²) in [6.45, 7) is 0. The number of carbonyl (C=O) groups is 1. The van der Waals surface area contributed by atoms with Crippen LogP contribution in [0.3, 0.4) is 0 Å². The van der Waals surface area contributed by atoms with Crippen LogP contribution in [0.5, 0.6) is 0 Å². The smallest absolute Gasteiger partial charge is 0.260 e. The van der Waals surface area contributed by atoms with Gasteiger partial charge in [0.15, 0.2) is 0 Å². The van der Waals surface area contributed by atoms with Gasteiger partial charge in [0.2, 0.25) is 5.95 Å². The summed E-state index contributed by atoms with van der Waals surface area (Å²) >= 11 is 5.66. The van der Waals surface area contributed by atoms with Crippen LogP contribution in [0.1, 0.15) is 10.4 Å². The van der Waals surface area contributed by atoms with E-state index in [2.05, 4.69) is 15.3 Å². The molecule has 0 aliphatic heterocycles. The molecule has 0 unspecified atom stereocenters. The van der Waals surface area contributed by atoms with Gasteiger partial charge in [-0.25, -0.2) is 9.97 Å². The van der Waals surface area contributed by atoms with Crippen molar-refractivity contribution < 1.29 is 9.18 Å². The van der Waals surface area contributed by atoms with E-state index in [1.165, 1.54) is 30.6 Å². The molecule has 2 rings (SSSR count). The Morgan fingerprint density at radius 2 is 2.12 bits per heavy atom. The van der Waals surface area contributed by atoms with E-state index in [-0.39, 0.29) is 10.7 Å². The molecular formula is C11H7ClFN3O. The second kappa shape index (κ2) is 4.88. The van der Waals surface area contributed by atoms with Crippen LogP contribution >= 0.6 is 11.6 Å². The zero-order valence-electron chi connectivity index (χ0n) is 8.52. The molecule has 1 amide bonds. The zero-order valence-corrected chi connectivity index (χ0v) is 9.28. The highest BCUT2D eigenvalue weighted by atomic mass is 35.5. The number of carbonyl (C=O) groups excluding carboxylic acids is 1. The van der Waals surface area contributed by atoms with Crippen molar-refractivity contribution in [1.29, 1.82) is 0 Å². The van der Waals surface area contributed by atoms with Crippen molar-refractivity contribution in [2.24, 2.45) is 0 Å². The number of anilines is 1. The van der Waals surface area contributed by atoms with Crippen LogP contribution in [0.15, 0.2) is 36.7 Å². The molecule has 0 aromatic carbocycles. The molecule has 1 N–H and O–H groups in total. The van der Waals surface area contributed by atoms with Gasteiger partial charge in [-0.1, -0.05) is 11.6 Å². The van der Waals surface area contributed by atoms with Gasteiger partial charge in [-0.3, -0.25) is 4.79 Å². The van der Waals surface area contributed by atoms with E-state index >= 15 is 0 Å². The van der Waals surface area contributed by atoms with Crippen molar-refractivity contribution in [2.45, 2.75) is 0 Å². The summed E-state index contributed by atoms with van der Waals surface area (Å²) in [4.78, 5) is 18.9. The Bertz CT molecular complexity index is 562. The molecule has 6 heteroatoms. The average molecular weight is 252 g/mol. The predicted octanol–water partition coefficient (Wildman–Crippen LogP) is 2.52. The Labute approximate surface area is 101 Å². The first-order chi connectivity index (χ1) is 8.16. The molecule has 4 nitrogen and oxygen atoms in total. The second-order valence-corrected chi connectivity index (χ2v) is 3.55. The first-order valence-corrected chi connectivity index (χ1v) is 5.08. The first kappa shape index (κ1) is 11.5. The minimum Gasteiger partial charge on any atom is -0.322 e. The molecule has 0 aliphatic carbocycles. The van der Waals surface area contributed by atoms with E-state index in [1.807, 2.05) is 0 Å². The van der Waals surface area contributed by atoms with Crippen LogP contribution in [-0.4, -0.2) is 15.9 Å². The number of halogens is 2. The maximum Gasteiger partial charge on any atom is 0.260 e. The fourth-order valence-corrected chi connectivity index (χ4v) is 1.41. The molecule has 0 radical (unpaired) electrons. The van der Waals surface area contributed by atoms with E-state index in [0.717, 1.165) is 0 Å². The minimum atomic E-state index is -0.815. The molecule has 17 heavy (non-hydrogen) atoms. The SMILES string of the molecule is O=C(Nc1ccnc(Cl)c1)c1cccnc1F. The molecule has 2 aromatic rings. The van der Waals surface area contributed by atoms with Crippen molar-refractivity contribution in [3.05, 3.63) is 53.3 Å². The van der Waals surface area contributed by atoms with Gasteiger partial charge in [0.1, 0.15) is 5.15 Å². The van der Waals surface area contributed by atoms with E-state index in [0.29, 0.717) is 5.69 Å². The van der Waals surface area contributed by atoms with Crippen molar-refractivity contribution in [2.75, 3.05) is 5.32 Å². The van der Waals surface area contributed by atoms with E-state index in [9.17, 15) is 9.18 Å². The average Bonchev–Trinajstić information content (AvgIpc) is 2.29. The van der Waals surface area contributed by atoms with Crippen molar-refractivity contribution in [3.63, 3.8) is 0 Å². The van der Waals surface area contributed by atoms with Crippen LogP contribution in [-0.2, 0) is 0 Å². The summed E-state index contributed by atoms with van der Waals surface area (Å²) in [5.74, 6) is -1.40. The molecule has 0 bridgehead atoms.